The number of non-ortho nitro benzene ring substituents is 1. The Balaban J connectivity index is 2.02. The zero-order valence-electron chi connectivity index (χ0n) is 11.9. The van der Waals surface area contributed by atoms with Crippen molar-refractivity contribution < 1.29 is 27.7 Å². The van der Waals surface area contributed by atoms with Crippen LogP contribution in [0.5, 0.6) is 0 Å². The monoisotopic (exact) mass is 338 g/mol. The van der Waals surface area contributed by atoms with Gasteiger partial charge in [-0.05, 0) is 24.3 Å². The summed E-state index contributed by atoms with van der Waals surface area (Å²) in [5, 5.41) is 14.0. The van der Waals surface area contributed by atoms with Crippen molar-refractivity contribution in [3.05, 3.63) is 75.3 Å². The maximum absolute atomic E-state index is 12.4. The van der Waals surface area contributed by atoms with E-state index in [0.29, 0.717) is 5.56 Å². The van der Waals surface area contributed by atoms with E-state index in [1.165, 1.54) is 24.3 Å². The van der Waals surface area contributed by atoms with Crippen molar-refractivity contribution in [2.45, 2.75) is 6.18 Å². The van der Waals surface area contributed by atoms with Crippen LogP contribution < -0.4 is 0 Å². The van der Waals surface area contributed by atoms with Gasteiger partial charge in [-0.3, -0.25) is 10.1 Å². The van der Waals surface area contributed by atoms with Gasteiger partial charge in [-0.25, -0.2) is 4.79 Å². The lowest BCUT2D eigenvalue weighted by Crippen LogP contribution is -2.06. The number of rotatable bonds is 4. The fourth-order valence-electron chi connectivity index (χ4n) is 1.70. The van der Waals surface area contributed by atoms with Gasteiger partial charge in [0.15, 0.2) is 0 Å². The Labute approximate surface area is 133 Å². The number of nitro benzene ring substituents is 1. The molecule has 0 heterocycles. The van der Waals surface area contributed by atoms with E-state index in [1.54, 1.807) is 0 Å². The van der Waals surface area contributed by atoms with Crippen molar-refractivity contribution in [2.24, 2.45) is 5.16 Å². The van der Waals surface area contributed by atoms with Crippen LogP contribution in [0.3, 0.4) is 0 Å². The third kappa shape index (κ3) is 4.38. The molecule has 0 saturated carbocycles. The minimum atomic E-state index is -4.50. The minimum Gasteiger partial charge on any atom is -0.313 e. The second-order valence-corrected chi connectivity index (χ2v) is 4.54. The van der Waals surface area contributed by atoms with E-state index in [0.717, 1.165) is 30.5 Å². The normalized spacial score (nSPS) is 11.5. The summed E-state index contributed by atoms with van der Waals surface area (Å²) in [4.78, 5) is 26.2. The van der Waals surface area contributed by atoms with Crippen molar-refractivity contribution in [2.75, 3.05) is 0 Å². The van der Waals surface area contributed by atoms with Crippen LogP contribution >= 0.6 is 0 Å². The fraction of sp³-hybridized carbons (Fsp3) is 0.0667. The summed E-state index contributed by atoms with van der Waals surface area (Å²) in [7, 11) is 0. The third-order valence-electron chi connectivity index (χ3n) is 2.87. The average Bonchev–Trinajstić information content (AvgIpc) is 2.54. The second kappa shape index (κ2) is 6.90. The van der Waals surface area contributed by atoms with Gasteiger partial charge in [-0.2, -0.15) is 13.2 Å². The van der Waals surface area contributed by atoms with Crippen molar-refractivity contribution in [3.63, 3.8) is 0 Å². The predicted octanol–water partition coefficient (Wildman–Crippen LogP) is 3.80. The lowest BCUT2D eigenvalue weighted by atomic mass is 10.1. The van der Waals surface area contributed by atoms with E-state index in [-0.39, 0.29) is 11.3 Å². The highest BCUT2D eigenvalue weighted by atomic mass is 19.4. The summed E-state index contributed by atoms with van der Waals surface area (Å²) in [6, 6.07) is 8.87. The summed E-state index contributed by atoms with van der Waals surface area (Å²) in [6.45, 7) is 0. The van der Waals surface area contributed by atoms with Gasteiger partial charge in [0.1, 0.15) is 0 Å². The predicted molar refractivity (Wildman–Crippen MR) is 77.5 cm³/mol. The van der Waals surface area contributed by atoms with Crippen molar-refractivity contribution in [3.8, 4) is 0 Å². The summed E-state index contributed by atoms with van der Waals surface area (Å²) in [5.41, 5.74) is -0.837. The maximum atomic E-state index is 12.4. The Morgan fingerprint density at radius 2 is 1.83 bits per heavy atom. The number of oxime groups is 1. The van der Waals surface area contributed by atoms with Gasteiger partial charge in [0.05, 0.1) is 22.3 Å². The third-order valence-corrected chi connectivity index (χ3v) is 2.87. The Morgan fingerprint density at radius 3 is 2.42 bits per heavy atom. The molecule has 9 heteroatoms. The molecule has 0 aromatic heterocycles. The molecule has 0 aliphatic rings. The van der Waals surface area contributed by atoms with E-state index < -0.39 is 22.6 Å². The first kappa shape index (κ1) is 17.1. The first-order valence-corrected chi connectivity index (χ1v) is 6.44. The summed E-state index contributed by atoms with van der Waals surface area (Å²) >= 11 is 0. The quantitative estimate of drug-likeness (QED) is 0.367. The first-order valence-electron chi connectivity index (χ1n) is 6.44. The van der Waals surface area contributed by atoms with Crippen molar-refractivity contribution >= 4 is 17.9 Å². The van der Waals surface area contributed by atoms with Gasteiger partial charge < -0.3 is 4.84 Å². The highest BCUT2D eigenvalue weighted by molar-refractivity contribution is 5.90. The standard InChI is InChI=1S/C15H9F3N2O4/c16-15(17,18)12-6-4-11(5-7-12)14(21)24-19-9-10-2-1-3-13(8-10)20(22)23/h1-9H/b19-9-. The molecule has 6 nitrogen and oxygen atoms in total. The zero-order chi connectivity index (χ0) is 17.7. The smallest absolute Gasteiger partial charge is 0.313 e. The van der Waals surface area contributed by atoms with E-state index in [2.05, 4.69) is 9.99 Å². The highest BCUT2D eigenvalue weighted by Crippen LogP contribution is 2.29. The molecule has 0 N–H and O–H groups in total. The molecular weight excluding hydrogens is 329 g/mol. The van der Waals surface area contributed by atoms with Crippen LogP contribution in [-0.2, 0) is 11.0 Å². The Morgan fingerprint density at radius 1 is 1.17 bits per heavy atom. The van der Waals surface area contributed by atoms with Crippen LogP contribution in [0.1, 0.15) is 21.5 Å². The van der Waals surface area contributed by atoms with Crippen LogP contribution in [0, 0.1) is 10.1 Å². The van der Waals surface area contributed by atoms with Gasteiger partial charge in [-0.15, -0.1) is 0 Å². The van der Waals surface area contributed by atoms with Crippen LogP contribution in [0.25, 0.3) is 0 Å². The van der Waals surface area contributed by atoms with Gasteiger partial charge in [0, 0.05) is 17.7 Å². The molecule has 2 aromatic rings. The van der Waals surface area contributed by atoms with Gasteiger partial charge in [0.25, 0.3) is 5.69 Å². The fourth-order valence-corrected chi connectivity index (χ4v) is 1.70. The maximum Gasteiger partial charge on any atom is 0.416 e. The lowest BCUT2D eigenvalue weighted by molar-refractivity contribution is -0.384. The number of alkyl halides is 3. The Kier molecular flexibility index (Phi) is 4.93. The summed E-state index contributed by atoms with van der Waals surface area (Å²) in [6.07, 6.45) is -3.42. The lowest BCUT2D eigenvalue weighted by Gasteiger charge is -2.06. The van der Waals surface area contributed by atoms with Crippen LogP contribution in [0.15, 0.2) is 53.7 Å². The number of hydrogen-bond donors (Lipinski definition) is 0. The molecule has 0 bridgehead atoms. The Hall–Kier alpha value is -3.23. The van der Waals surface area contributed by atoms with Crippen LogP contribution in [-0.4, -0.2) is 17.1 Å². The van der Waals surface area contributed by atoms with E-state index in [4.69, 9.17) is 0 Å². The number of nitrogens with zero attached hydrogens (tertiary/aromatic N) is 2. The molecule has 0 atom stereocenters. The molecule has 0 aliphatic heterocycles. The number of benzene rings is 2. The molecule has 2 rings (SSSR count). The Bertz CT molecular complexity index is 786. The van der Waals surface area contributed by atoms with Crippen molar-refractivity contribution in [1.29, 1.82) is 0 Å². The molecule has 0 aliphatic carbocycles. The molecule has 0 fully saturated rings. The summed E-state index contributed by atoms with van der Waals surface area (Å²) in [5.74, 6) is -0.953. The first-order chi connectivity index (χ1) is 11.3. The second-order valence-electron chi connectivity index (χ2n) is 4.54. The van der Waals surface area contributed by atoms with Crippen LogP contribution in [0.2, 0.25) is 0 Å². The van der Waals surface area contributed by atoms with E-state index in [1.807, 2.05) is 0 Å². The topological polar surface area (TPSA) is 81.8 Å². The van der Waals surface area contributed by atoms with E-state index >= 15 is 0 Å². The van der Waals surface area contributed by atoms with E-state index in [9.17, 15) is 28.1 Å². The molecule has 2 aromatic carbocycles. The summed E-state index contributed by atoms with van der Waals surface area (Å²) < 4.78 is 37.2. The van der Waals surface area contributed by atoms with Gasteiger partial charge >= 0.3 is 12.1 Å². The number of hydrogen-bond acceptors (Lipinski definition) is 5. The minimum absolute atomic E-state index is 0.112. The van der Waals surface area contributed by atoms with Crippen LogP contribution in [0.4, 0.5) is 18.9 Å². The molecule has 124 valence electrons. The number of nitro groups is 1. The molecule has 0 amide bonds. The number of carbonyl (C=O) groups excluding carboxylic acids is 1. The molecule has 0 unspecified atom stereocenters. The molecule has 24 heavy (non-hydrogen) atoms. The van der Waals surface area contributed by atoms with Crippen molar-refractivity contribution in [1.82, 2.24) is 0 Å². The zero-order valence-corrected chi connectivity index (χ0v) is 11.9. The molecule has 0 saturated heterocycles. The molecular formula is C15H9F3N2O4. The van der Waals surface area contributed by atoms with Gasteiger partial charge in [-0.1, -0.05) is 17.3 Å². The molecule has 0 radical (unpaired) electrons. The largest absolute Gasteiger partial charge is 0.416 e. The number of carbonyl (C=O) groups is 1. The average molecular weight is 338 g/mol. The number of halogens is 3. The highest BCUT2D eigenvalue weighted by Gasteiger charge is 2.30. The molecule has 0 spiro atoms. The SMILES string of the molecule is O=C(O/N=C\c1cccc([N+](=O)[O-])c1)c1ccc(C(F)(F)F)cc1. The van der Waals surface area contributed by atoms with Gasteiger partial charge in [0.2, 0.25) is 0 Å².